The average Bonchev–Trinajstić information content (AvgIpc) is 3.30. The van der Waals surface area contributed by atoms with E-state index in [0.29, 0.717) is 26.6 Å². The number of nitrogens with one attached hydrogen (secondary N) is 2. The van der Waals surface area contributed by atoms with Gasteiger partial charge in [0, 0.05) is 29.1 Å². The number of thiazole rings is 1. The molecule has 2 aromatic carbocycles. The van der Waals surface area contributed by atoms with E-state index >= 15 is 0 Å². The summed E-state index contributed by atoms with van der Waals surface area (Å²) in [6.45, 7) is 0. The summed E-state index contributed by atoms with van der Waals surface area (Å²) < 4.78 is 52.2. The van der Waals surface area contributed by atoms with Gasteiger partial charge >= 0.3 is 0 Å². The van der Waals surface area contributed by atoms with Gasteiger partial charge in [0.25, 0.3) is 12.3 Å². The number of aromatic amines is 1. The van der Waals surface area contributed by atoms with Gasteiger partial charge in [-0.2, -0.15) is 0 Å². The van der Waals surface area contributed by atoms with E-state index in [1.165, 1.54) is 36.5 Å². The maximum absolute atomic E-state index is 13.8. The van der Waals surface area contributed by atoms with E-state index in [1.807, 2.05) is 0 Å². The molecule has 0 bridgehead atoms. The van der Waals surface area contributed by atoms with Crippen molar-refractivity contribution in [1.29, 1.82) is 0 Å². The van der Waals surface area contributed by atoms with Gasteiger partial charge in [0.1, 0.15) is 11.6 Å². The first kappa shape index (κ1) is 19.1. The number of H-pyrrole nitrogens is 1. The minimum absolute atomic E-state index is 0.205. The summed E-state index contributed by atoms with van der Waals surface area (Å²) in [5.74, 6) is -2.25. The molecule has 0 saturated carbocycles. The van der Waals surface area contributed by atoms with Crippen molar-refractivity contribution in [3.63, 3.8) is 0 Å². The quantitative estimate of drug-likeness (QED) is 0.443. The maximum Gasteiger partial charge on any atom is 0.295 e. The van der Waals surface area contributed by atoms with E-state index in [0.717, 1.165) is 17.4 Å². The number of aromatic nitrogens is 3. The van der Waals surface area contributed by atoms with E-state index in [-0.39, 0.29) is 12.0 Å². The van der Waals surface area contributed by atoms with Crippen LogP contribution < -0.4 is 5.32 Å². The molecule has 0 radical (unpaired) electrons. The standard InChI is InChI=1S/C19H12F4N4OS/c20-11-3-1-9(13(21)7-11)5-12-8-24-19(29-12)27-18(28)10-2-4-14-15(6-10)26-17(25-14)16(22)23/h1-4,6-8,16H,5H2,(H,25,26)(H,24,27,28). The van der Waals surface area contributed by atoms with Gasteiger partial charge in [-0.25, -0.2) is 27.5 Å². The molecule has 0 aliphatic rings. The number of rotatable bonds is 5. The number of amides is 1. The van der Waals surface area contributed by atoms with Crippen LogP contribution in [0.5, 0.6) is 0 Å². The predicted molar refractivity (Wildman–Crippen MR) is 100 cm³/mol. The molecular weight excluding hydrogens is 408 g/mol. The lowest BCUT2D eigenvalue weighted by Gasteiger charge is -2.02. The third kappa shape index (κ3) is 4.11. The van der Waals surface area contributed by atoms with Crippen molar-refractivity contribution < 1.29 is 22.4 Å². The molecule has 0 spiro atoms. The van der Waals surface area contributed by atoms with E-state index in [2.05, 4.69) is 20.3 Å². The van der Waals surface area contributed by atoms with Gasteiger partial charge in [-0.3, -0.25) is 10.1 Å². The highest BCUT2D eigenvalue weighted by molar-refractivity contribution is 7.15. The molecule has 148 valence electrons. The molecule has 0 aliphatic heterocycles. The number of anilines is 1. The number of carbonyl (C=O) groups excluding carboxylic acids is 1. The zero-order valence-electron chi connectivity index (χ0n) is 14.5. The Morgan fingerprint density at radius 2 is 2.00 bits per heavy atom. The Morgan fingerprint density at radius 1 is 1.17 bits per heavy atom. The fraction of sp³-hybridized carbons (Fsp3) is 0.105. The molecule has 1 amide bonds. The number of alkyl halides is 2. The monoisotopic (exact) mass is 420 g/mol. The zero-order chi connectivity index (χ0) is 20.5. The van der Waals surface area contributed by atoms with Crippen molar-refractivity contribution in [2.75, 3.05) is 5.32 Å². The summed E-state index contributed by atoms with van der Waals surface area (Å²) in [6, 6.07) is 7.70. The highest BCUT2D eigenvalue weighted by Gasteiger charge is 2.15. The van der Waals surface area contributed by atoms with Crippen LogP contribution in [0.1, 0.15) is 33.0 Å². The van der Waals surface area contributed by atoms with Gasteiger partial charge in [-0.05, 0) is 29.8 Å². The van der Waals surface area contributed by atoms with Crippen molar-refractivity contribution in [3.05, 3.63) is 76.1 Å². The molecule has 5 nitrogen and oxygen atoms in total. The van der Waals surface area contributed by atoms with Gasteiger partial charge in [-0.15, -0.1) is 11.3 Å². The Bertz CT molecular complexity index is 1200. The molecular formula is C19H12F4N4OS. The lowest BCUT2D eigenvalue weighted by Crippen LogP contribution is -2.11. The number of carbonyl (C=O) groups is 1. The van der Waals surface area contributed by atoms with Crippen LogP contribution >= 0.6 is 11.3 Å². The van der Waals surface area contributed by atoms with Crippen LogP contribution in [-0.2, 0) is 6.42 Å². The second kappa shape index (κ2) is 7.63. The zero-order valence-corrected chi connectivity index (χ0v) is 15.4. The van der Waals surface area contributed by atoms with Crippen molar-refractivity contribution in [2.24, 2.45) is 0 Å². The molecule has 0 atom stereocenters. The highest BCUT2D eigenvalue weighted by Crippen LogP contribution is 2.24. The summed E-state index contributed by atoms with van der Waals surface area (Å²) in [7, 11) is 0. The van der Waals surface area contributed by atoms with Gasteiger partial charge in [0.15, 0.2) is 11.0 Å². The van der Waals surface area contributed by atoms with Crippen LogP contribution in [0, 0.1) is 11.6 Å². The number of halogens is 4. The Kier molecular flexibility index (Phi) is 5.01. The second-order valence-corrected chi connectivity index (χ2v) is 7.27. The summed E-state index contributed by atoms with van der Waals surface area (Å²) in [6.07, 6.45) is -1.04. The molecule has 0 aliphatic carbocycles. The van der Waals surface area contributed by atoms with Gasteiger partial charge in [0.05, 0.1) is 11.0 Å². The van der Waals surface area contributed by atoms with Gasteiger partial charge < -0.3 is 4.98 Å². The molecule has 0 unspecified atom stereocenters. The Balaban J connectivity index is 1.48. The molecule has 4 aromatic rings. The number of hydrogen-bond donors (Lipinski definition) is 2. The first-order valence-electron chi connectivity index (χ1n) is 8.37. The van der Waals surface area contributed by atoms with Crippen LogP contribution in [0.15, 0.2) is 42.6 Å². The number of nitrogens with zero attached hydrogens (tertiary/aromatic N) is 2. The fourth-order valence-corrected chi connectivity index (χ4v) is 3.57. The molecule has 0 saturated heterocycles. The first-order valence-corrected chi connectivity index (χ1v) is 9.18. The average molecular weight is 420 g/mol. The molecule has 10 heteroatoms. The van der Waals surface area contributed by atoms with Crippen LogP contribution in [0.3, 0.4) is 0 Å². The smallest absolute Gasteiger partial charge is 0.295 e. The van der Waals surface area contributed by atoms with E-state index in [4.69, 9.17) is 0 Å². The van der Waals surface area contributed by atoms with Crippen molar-refractivity contribution in [1.82, 2.24) is 15.0 Å². The Labute approximate surface area is 165 Å². The molecule has 2 aromatic heterocycles. The third-order valence-electron chi connectivity index (χ3n) is 4.12. The van der Waals surface area contributed by atoms with Crippen molar-refractivity contribution >= 4 is 33.4 Å². The number of fused-ring (bicyclic) bond motifs is 1. The molecule has 0 fully saturated rings. The minimum Gasteiger partial charge on any atom is -0.337 e. The summed E-state index contributed by atoms with van der Waals surface area (Å²) in [4.78, 5) is 23.4. The first-order chi connectivity index (χ1) is 13.9. The Hall–Kier alpha value is -3.27. The van der Waals surface area contributed by atoms with Crippen LogP contribution in [0.4, 0.5) is 22.7 Å². The van der Waals surface area contributed by atoms with E-state index < -0.39 is 29.8 Å². The third-order valence-corrected chi connectivity index (χ3v) is 5.04. The van der Waals surface area contributed by atoms with Gasteiger partial charge in [0.2, 0.25) is 0 Å². The van der Waals surface area contributed by atoms with E-state index in [9.17, 15) is 22.4 Å². The number of hydrogen-bond acceptors (Lipinski definition) is 4. The number of benzene rings is 2. The van der Waals surface area contributed by atoms with Crippen LogP contribution in [-0.4, -0.2) is 20.9 Å². The van der Waals surface area contributed by atoms with E-state index in [1.54, 1.807) is 0 Å². The molecule has 2 N–H and O–H groups in total. The summed E-state index contributed by atoms with van der Waals surface area (Å²) >= 11 is 1.15. The number of imidazole rings is 1. The fourth-order valence-electron chi connectivity index (χ4n) is 2.74. The molecule has 29 heavy (non-hydrogen) atoms. The highest BCUT2D eigenvalue weighted by atomic mass is 32.1. The van der Waals surface area contributed by atoms with Crippen LogP contribution in [0.2, 0.25) is 0 Å². The van der Waals surface area contributed by atoms with Crippen molar-refractivity contribution in [2.45, 2.75) is 12.8 Å². The SMILES string of the molecule is O=C(Nc1ncc(Cc2ccc(F)cc2F)s1)c1ccc2nc(C(F)F)[nH]c2c1. The second-order valence-electron chi connectivity index (χ2n) is 6.15. The lowest BCUT2D eigenvalue weighted by atomic mass is 10.1. The summed E-state index contributed by atoms with van der Waals surface area (Å²) in [5, 5.41) is 2.91. The minimum atomic E-state index is -2.74. The lowest BCUT2D eigenvalue weighted by molar-refractivity contribution is 0.102. The maximum atomic E-state index is 13.8. The summed E-state index contributed by atoms with van der Waals surface area (Å²) in [5.41, 5.74) is 1.20. The molecule has 2 heterocycles. The topological polar surface area (TPSA) is 70.7 Å². The molecule has 4 rings (SSSR count). The largest absolute Gasteiger partial charge is 0.337 e. The normalized spacial score (nSPS) is 11.3. The van der Waals surface area contributed by atoms with Crippen LogP contribution in [0.25, 0.3) is 11.0 Å². The predicted octanol–water partition coefficient (Wildman–Crippen LogP) is 5.08. The Morgan fingerprint density at radius 3 is 2.76 bits per heavy atom. The van der Waals surface area contributed by atoms with Crippen molar-refractivity contribution in [3.8, 4) is 0 Å². The van der Waals surface area contributed by atoms with Gasteiger partial charge in [-0.1, -0.05) is 6.07 Å².